The lowest BCUT2D eigenvalue weighted by Crippen LogP contribution is -2.42. The summed E-state index contributed by atoms with van der Waals surface area (Å²) in [4.78, 5) is 17.6. The standard InChI is InChI=1S/C18H16ClF3N2O4S/c19-13-2-4-14(5-3-13)29(26,27)15-7-9-24(10-8-15)17(25)12-1-6-16(23-11-12)28-18(20,21)22/h1-6,11,15H,7-10H2. The minimum Gasteiger partial charge on any atom is -0.388 e. The van der Waals surface area contributed by atoms with Crippen molar-refractivity contribution in [3.63, 3.8) is 0 Å². The van der Waals surface area contributed by atoms with Gasteiger partial charge in [0, 0.05) is 30.4 Å². The summed E-state index contributed by atoms with van der Waals surface area (Å²) in [6, 6.07) is 8.06. The molecule has 11 heteroatoms. The summed E-state index contributed by atoms with van der Waals surface area (Å²) in [5.41, 5.74) is 0.0959. The maximum absolute atomic E-state index is 12.7. The third-order valence-electron chi connectivity index (χ3n) is 4.51. The van der Waals surface area contributed by atoms with Crippen LogP contribution in [0.25, 0.3) is 0 Å². The molecule has 1 aliphatic rings. The molecule has 3 rings (SSSR count). The number of carbonyl (C=O) groups is 1. The Bertz CT molecular complexity index is 972. The van der Waals surface area contributed by atoms with Crippen LogP contribution in [-0.4, -0.2) is 48.9 Å². The van der Waals surface area contributed by atoms with Gasteiger partial charge in [0.05, 0.1) is 15.7 Å². The zero-order valence-electron chi connectivity index (χ0n) is 14.9. The van der Waals surface area contributed by atoms with E-state index in [-0.39, 0.29) is 36.4 Å². The molecule has 1 saturated heterocycles. The fourth-order valence-electron chi connectivity index (χ4n) is 3.05. The minimum absolute atomic E-state index is 0.0959. The Morgan fingerprint density at radius 1 is 1.10 bits per heavy atom. The quantitative estimate of drug-likeness (QED) is 0.712. The van der Waals surface area contributed by atoms with E-state index in [0.29, 0.717) is 5.02 Å². The van der Waals surface area contributed by atoms with E-state index in [9.17, 15) is 26.4 Å². The molecular formula is C18H16ClF3N2O4S. The zero-order valence-corrected chi connectivity index (χ0v) is 16.5. The number of halogens is 4. The monoisotopic (exact) mass is 448 g/mol. The number of pyridine rings is 1. The van der Waals surface area contributed by atoms with E-state index in [2.05, 4.69) is 9.72 Å². The first kappa shape index (κ1) is 21.4. The number of hydrogen-bond donors (Lipinski definition) is 0. The third kappa shape index (κ3) is 5.18. The van der Waals surface area contributed by atoms with Gasteiger partial charge >= 0.3 is 6.36 Å². The number of hydrogen-bond acceptors (Lipinski definition) is 5. The van der Waals surface area contributed by atoms with Gasteiger partial charge in [0.15, 0.2) is 9.84 Å². The van der Waals surface area contributed by atoms with Crippen molar-refractivity contribution in [3.8, 4) is 5.88 Å². The fraction of sp³-hybridized carbons (Fsp3) is 0.333. The van der Waals surface area contributed by atoms with E-state index in [1.54, 1.807) is 0 Å². The lowest BCUT2D eigenvalue weighted by Gasteiger charge is -2.31. The molecule has 0 N–H and O–H groups in total. The van der Waals surface area contributed by atoms with Crippen LogP contribution in [0, 0.1) is 0 Å². The Balaban J connectivity index is 1.63. The Hall–Kier alpha value is -2.33. The largest absolute Gasteiger partial charge is 0.574 e. The van der Waals surface area contributed by atoms with Crippen LogP contribution in [0.1, 0.15) is 23.2 Å². The maximum Gasteiger partial charge on any atom is 0.574 e. The number of ether oxygens (including phenoxy) is 1. The first-order valence-corrected chi connectivity index (χ1v) is 10.5. The highest BCUT2D eigenvalue weighted by Gasteiger charge is 2.34. The van der Waals surface area contributed by atoms with Crippen molar-refractivity contribution in [1.29, 1.82) is 0 Å². The molecule has 2 heterocycles. The number of nitrogens with zero attached hydrogens (tertiary/aromatic N) is 2. The van der Waals surface area contributed by atoms with Crippen molar-refractivity contribution in [2.24, 2.45) is 0 Å². The van der Waals surface area contributed by atoms with Crippen molar-refractivity contribution in [2.45, 2.75) is 29.3 Å². The van der Waals surface area contributed by atoms with Gasteiger partial charge in [-0.3, -0.25) is 4.79 Å². The molecule has 0 atom stereocenters. The highest BCUT2D eigenvalue weighted by atomic mass is 35.5. The number of piperidine rings is 1. The van der Waals surface area contributed by atoms with Gasteiger partial charge in [-0.1, -0.05) is 11.6 Å². The van der Waals surface area contributed by atoms with Gasteiger partial charge in [-0.2, -0.15) is 0 Å². The predicted molar refractivity (Wildman–Crippen MR) is 98.5 cm³/mol. The zero-order chi connectivity index (χ0) is 21.2. The number of benzene rings is 1. The van der Waals surface area contributed by atoms with Gasteiger partial charge < -0.3 is 9.64 Å². The molecule has 29 heavy (non-hydrogen) atoms. The number of carbonyl (C=O) groups excluding carboxylic acids is 1. The summed E-state index contributed by atoms with van der Waals surface area (Å²) in [7, 11) is -3.55. The van der Waals surface area contributed by atoms with E-state index in [1.165, 1.54) is 35.2 Å². The van der Waals surface area contributed by atoms with E-state index < -0.39 is 33.2 Å². The topological polar surface area (TPSA) is 76.6 Å². The summed E-state index contributed by atoms with van der Waals surface area (Å²) in [5, 5.41) is -0.196. The molecule has 0 spiro atoms. The molecule has 6 nitrogen and oxygen atoms in total. The summed E-state index contributed by atoms with van der Waals surface area (Å²) >= 11 is 5.79. The van der Waals surface area contributed by atoms with Gasteiger partial charge in [-0.05, 0) is 43.2 Å². The van der Waals surface area contributed by atoms with Crippen LogP contribution in [0.5, 0.6) is 5.88 Å². The SMILES string of the molecule is O=C(c1ccc(OC(F)(F)F)nc1)N1CCC(S(=O)(=O)c2ccc(Cl)cc2)CC1. The molecule has 1 aromatic heterocycles. The Morgan fingerprint density at radius 2 is 1.72 bits per heavy atom. The average Bonchev–Trinajstić information content (AvgIpc) is 2.67. The number of alkyl halides is 3. The summed E-state index contributed by atoms with van der Waals surface area (Å²) in [6.45, 7) is 0.411. The predicted octanol–water partition coefficient (Wildman–Crippen LogP) is 3.71. The molecule has 0 aliphatic carbocycles. The molecule has 0 saturated carbocycles. The van der Waals surface area contributed by atoms with Gasteiger partial charge in [-0.15, -0.1) is 13.2 Å². The van der Waals surface area contributed by atoms with Crippen LogP contribution < -0.4 is 4.74 Å². The summed E-state index contributed by atoms with van der Waals surface area (Å²) in [6.07, 6.45) is -3.37. The fourth-order valence-corrected chi connectivity index (χ4v) is 4.91. The molecule has 0 unspecified atom stereocenters. The minimum atomic E-state index is -4.87. The van der Waals surface area contributed by atoms with Gasteiger partial charge in [-0.25, -0.2) is 13.4 Å². The maximum atomic E-state index is 12.7. The first-order chi connectivity index (χ1) is 13.6. The molecular weight excluding hydrogens is 433 g/mol. The molecule has 0 radical (unpaired) electrons. The van der Waals surface area contributed by atoms with Gasteiger partial charge in [0.2, 0.25) is 5.88 Å². The van der Waals surface area contributed by atoms with E-state index in [1.807, 2.05) is 0 Å². The van der Waals surface area contributed by atoms with E-state index in [0.717, 1.165) is 12.3 Å². The lowest BCUT2D eigenvalue weighted by molar-refractivity contribution is -0.276. The lowest BCUT2D eigenvalue weighted by atomic mass is 10.1. The van der Waals surface area contributed by atoms with Crippen molar-refractivity contribution in [2.75, 3.05) is 13.1 Å². The molecule has 0 bridgehead atoms. The Kier molecular flexibility index (Phi) is 6.04. The number of aromatic nitrogens is 1. The number of sulfone groups is 1. The Labute approximate surface area is 170 Å². The van der Waals surface area contributed by atoms with Crippen molar-refractivity contribution < 1.29 is 31.1 Å². The van der Waals surface area contributed by atoms with E-state index >= 15 is 0 Å². The smallest absolute Gasteiger partial charge is 0.388 e. The normalized spacial score (nSPS) is 15.9. The van der Waals surface area contributed by atoms with Crippen LogP contribution in [-0.2, 0) is 9.84 Å². The molecule has 1 fully saturated rings. The Morgan fingerprint density at radius 3 is 2.24 bits per heavy atom. The van der Waals surface area contributed by atoms with Crippen molar-refractivity contribution in [3.05, 3.63) is 53.2 Å². The van der Waals surface area contributed by atoms with Crippen molar-refractivity contribution >= 4 is 27.3 Å². The van der Waals surface area contributed by atoms with Gasteiger partial charge in [0.1, 0.15) is 0 Å². The highest BCUT2D eigenvalue weighted by Crippen LogP contribution is 2.27. The molecule has 2 aromatic rings. The highest BCUT2D eigenvalue weighted by molar-refractivity contribution is 7.92. The van der Waals surface area contributed by atoms with Crippen LogP contribution in [0.15, 0.2) is 47.5 Å². The number of rotatable bonds is 4. The second-order valence-electron chi connectivity index (χ2n) is 6.42. The molecule has 156 valence electrons. The molecule has 1 aromatic carbocycles. The first-order valence-electron chi connectivity index (χ1n) is 8.57. The van der Waals surface area contributed by atoms with Crippen LogP contribution in [0.2, 0.25) is 5.02 Å². The van der Waals surface area contributed by atoms with Crippen molar-refractivity contribution in [1.82, 2.24) is 9.88 Å². The third-order valence-corrected chi connectivity index (χ3v) is 7.04. The van der Waals surface area contributed by atoms with Crippen LogP contribution in [0.4, 0.5) is 13.2 Å². The average molecular weight is 449 g/mol. The van der Waals surface area contributed by atoms with E-state index in [4.69, 9.17) is 11.6 Å². The van der Waals surface area contributed by atoms with Crippen LogP contribution in [0.3, 0.4) is 0 Å². The number of likely N-dealkylation sites (tertiary alicyclic amines) is 1. The second-order valence-corrected chi connectivity index (χ2v) is 9.09. The molecule has 1 amide bonds. The second kappa shape index (κ2) is 8.19. The molecule has 1 aliphatic heterocycles. The number of amides is 1. The summed E-state index contributed by atoms with van der Waals surface area (Å²) in [5.74, 6) is -1.10. The van der Waals surface area contributed by atoms with Gasteiger partial charge in [0.25, 0.3) is 5.91 Å². The summed E-state index contributed by atoms with van der Waals surface area (Å²) < 4.78 is 65.7. The van der Waals surface area contributed by atoms with Crippen LogP contribution >= 0.6 is 11.6 Å².